The van der Waals surface area contributed by atoms with Crippen molar-refractivity contribution in [3.8, 4) is 0 Å². The quantitative estimate of drug-likeness (QED) is 0.0154. The summed E-state index contributed by atoms with van der Waals surface area (Å²) in [7, 11) is 0. The Balaban J connectivity index is 4.16. The molecule has 2 N–H and O–H groups in total. The second-order valence-electron chi connectivity index (χ2n) is 15.4. The summed E-state index contributed by atoms with van der Waals surface area (Å²) in [6, 6.07) is 0. The van der Waals surface area contributed by atoms with Crippen molar-refractivity contribution < 1.29 is 44.0 Å². The molecule has 0 aromatic rings. The van der Waals surface area contributed by atoms with E-state index < -0.39 is 12.6 Å². The topological polar surface area (TPSA) is 116 Å². The number of unbranched alkanes of at least 4 members (excludes halogenated alkanes) is 22. The highest BCUT2D eigenvalue weighted by Crippen LogP contribution is 2.13. The summed E-state index contributed by atoms with van der Waals surface area (Å²) in [5.74, 6) is -0.252. The lowest BCUT2D eigenvalue weighted by molar-refractivity contribution is -0.433. The standard InChI is InChI=1S/C46H89NO9/c1-4-7-10-13-16-17-18-21-22-30-40-51-44(49)34-27-29-37-47(38-39-48)36-28-25-26-33-45(50)52-43-35-46(55-53-41-31-23-19-14-11-8-5-2)56-54-42-32-24-20-15-12-9-6-3/h31-32,41-42,44,46,48-49H,4-30,33-40,43H2,1-3H3/b41-31-,42-32-. The third kappa shape index (κ3) is 41.9. The predicted molar refractivity (Wildman–Crippen MR) is 228 cm³/mol. The minimum atomic E-state index is -0.853. The smallest absolute Gasteiger partial charge is 0.305 e. The van der Waals surface area contributed by atoms with Gasteiger partial charge in [-0.2, -0.15) is 9.78 Å². The lowest BCUT2D eigenvalue weighted by Gasteiger charge is -2.21. The van der Waals surface area contributed by atoms with Crippen molar-refractivity contribution in [2.45, 2.75) is 226 Å². The molecule has 332 valence electrons. The van der Waals surface area contributed by atoms with E-state index in [2.05, 4.69) is 25.7 Å². The summed E-state index contributed by atoms with van der Waals surface area (Å²) in [5, 5.41) is 19.8. The fourth-order valence-electron chi connectivity index (χ4n) is 6.39. The molecular formula is C46H89NO9. The van der Waals surface area contributed by atoms with Gasteiger partial charge < -0.3 is 34.4 Å². The first-order chi connectivity index (χ1) is 27.6. The van der Waals surface area contributed by atoms with Crippen LogP contribution in [0.3, 0.4) is 0 Å². The molecule has 0 amide bonds. The Morgan fingerprint density at radius 2 is 1.04 bits per heavy atom. The van der Waals surface area contributed by atoms with Gasteiger partial charge in [0, 0.05) is 26.0 Å². The number of carbonyl (C=O) groups excluding carboxylic acids is 1. The Hall–Kier alpha value is -1.69. The molecule has 0 heterocycles. The third-order valence-corrected chi connectivity index (χ3v) is 9.95. The van der Waals surface area contributed by atoms with E-state index in [9.17, 15) is 15.0 Å². The SMILES string of the molecule is CCCCCCC/C=C\OOC(CCOC(=O)CCCCCN(CCO)CCCCC(O)OCCCCCCCCCCCC)OO/C=C\CCCCCCC. The minimum absolute atomic E-state index is 0.117. The van der Waals surface area contributed by atoms with Crippen molar-refractivity contribution in [3.63, 3.8) is 0 Å². The summed E-state index contributed by atoms with van der Waals surface area (Å²) in [4.78, 5) is 35.9. The number of esters is 1. The summed E-state index contributed by atoms with van der Waals surface area (Å²) >= 11 is 0. The molecule has 0 aliphatic heterocycles. The van der Waals surface area contributed by atoms with E-state index in [1.165, 1.54) is 122 Å². The molecular weight excluding hydrogens is 711 g/mol. The third-order valence-electron chi connectivity index (χ3n) is 9.95. The summed E-state index contributed by atoms with van der Waals surface area (Å²) in [6.45, 7) is 9.92. The van der Waals surface area contributed by atoms with E-state index in [1.807, 2.05) is 12.2 Å². The lowest BCUT2D eigenvalue weighted by Crippen LogP contribution is -2.29. The fourth-order valence-corrected chi connectivity index (χ4v) is 6.39. The minimum Gasteiger partial charge on any atom is -0.465 e. The Morgan fingerprint density at radius 3 is 1.57 bits per heavy atom. The van der Waals surface area contributed by atoms with Gasteiger partial charge in [-0.05, 0) is 89.4 Å². The molecule has 0 saturated heterocycles. The Kier molecular flexibility index (Phi) is 44.6. The molecule has 0 aromatic carbocycles. The normalized spacial score (nSPS) is 12.5. The van der Waals surface area contributed by atoms with Gasteiger partial charge in [0.2, 0.25) is 0 Å². The van der Waals surface area contributed by atoms with Gasteiger partial charge in [-0.25, -0.2) is 0 Å². The number of ether oxygens (including phenoxy) is 2. The van der Waals surface area contributed by atoms with Crippen LogP contribution in [0.1, 0.15) is 213 Å². The molecule has 0 saturated carbocycles. The van der Waals surface area contributed by atoms with Crippen LogP contribution in [0, 0.1) is 0 Å². The zero-order chi connectivity index (χ0) is 40.8. The molecule has 0 rings (SSSR count). The molecule has 0 radical (unpaired) electrons. The molecule has 0 spiro atoms. The van der Waals surface area contributed by atoms with E-state index in [-0.39, 0.29) is 25.6 Å². The Bertz CT molecular complexity index is 815. The molecule has 1 unspecified atom stereocenters. The Morgan fingerprint density at radius 1 is 0.554 bits per heavy atom. The maximum atomic E-state index is 12.4. The summed E-state index contributed by atoms with van der Waals surface area (Å²) < 4.78 is 11.1. The maximum Gasteiger partial charge on any atom is 0.305 e. The number of nitrogens with zero attached hydrogens (tertiary/aromatic N) is 1. The Labute approximate surface area is 344 Å². The number of carbonyl (C=O) groups is 1. The van der Waals surface area contributed by atoms with Gasteiger partial charge >= 0.3 is 5.97 Å². The van der Waals surface area contributed by atoms with E-state index >= 15 is 0 Å². The van der Waals surface area contributed by atoms with E-state index in [4.69, 9.17) is 29.0 Å². The monoisotopic (exact) mass is 800 g/mol. The summed E-state index contributed by atoms with van der Waals surface area (Å²) in [5.41, 5.74) is 0. The maximum absolute atomic E-state index is 12.4. The highest BCUT2D eigenvalue weighted by Gasteiger charge is 2.15. The van der Waals surface area contributed by atoms with E-state index in [1.54, 1.807) is 0 Å². The van der Waals surface area contributed by atoms with E-state index in [0.717, 1.165) is 77.3 Å². The molecule has 56 heavy (non-hydrogen) atoms. The van der Waals surface area contributed by atoms with Crippen LogP contribution in [0.4, 0.5) is 0 Å². The first-order valence-electron chi connectivity index (χ1n) is 23.3. The molecule has 10 heteroatoms. The van der Waals surface area contributed by atoms with Crippen LogP contribution in [0.5, 0.6) is 0 Å². The van der Waals surface area contributed by atoms with Crippen molar-refractivity contribution in [1.29, 1.82) is 0 Å². The van der Waals surface area contributed by atoms with Gasteiger partial charge in [0.25, 0.3) is 6.29 Å². The van der Waals surface area contributed by atoms with Gasteiger partial charge in [0.1, 0.15) is 12.5 Å². The van der Waals surface area contributed by atoms with Crippen LogP contribution in [0.2, 0.25) is 0 Å². The number of allylic oxidation sites excluding steroid dienone is 2. The number of hydrogen-bond acceptors (Lipinski definition) is 10. The van der Waals surface area contributed by atoms with Crippen LogP contribution < -0.4 is 0 Å². The first-order valence-corrected chi connectivity index (χ1v) is 23.3. The number of aliphatic hydroxyl groups excluding tert-OH is 2. The van der Waals surface area contributed by atoms with Gasteiger partial charge in [-0.1, -0.05) is 136 Å². The molecule has 0 fully saturated rings. The van der Waals surface area contributed by atoms with Crippen LogP contribution in [-0.4, -0.2) is 73.1 Å². The highest BCUT2D eigenvalue weighted by molar-refractivity contribution is 5.69. The number of rotatable bonds is 46. The van der Waals surface area contributed by atoms with Crippen LogP contribution in [0.15, 0.2) is 24.7 Å². The van der Waals surface area contributed by atoms with Crippen LogP contribution in [-0.2, 0) is 33.8 Å². The summed E-state index contributed by atoms with van der Waals surface area (Å²) in [6.07, 6.45) is 37.9. The highest BCUT2D eigenvalue weighted by atomic mass is 17.3. The number of hydrogen-bond donors (Lipinski definition) is 2. The van der Waals surface area contributed by atoms with Crippen molar-refractivity contribution in [2.24, 2.45) is 0 Å². The largest absolute Gasteiger partial charge is 0.465 e. The molecule has 1 atom stereocenters. The second-order valence-corrected chi connectivity index (χ2v) is 15.4. The average Bonchev–Trinajstić information content (AvgIpc) is 3.19. The first kappa shape index (κ1) is 54.3. The average molecular weight is 800 g/mol. The fraction of sp³-hybridized carbons (Fsp3) is 0.891. The van der Waals surface area contributed by atoms with Crippen molar-refractivity contribution in [3.05, 3.63) is 24.7 Å². The molecule has 0 aliphatic carbocycles. The second kappa shape index (κ2) is 46.0. The van der Waals surface area contributed by atoms with Crippen molar-refractivity contribution >= 4 is 5.97 Å². The van der Waals surface area contributed by atoms with Gasteiger partial charge in [-0.15, -0.1) is 0 Å². The molecule has 0 bridgehead atoms. The molecule has 0 aliphatic rings. The molecule has 10 nitrogen and oxygen atoms in total. The lowest BCUT2D eigenvalue weighted by atomic mass is 10.1. The van der Waals surface area contributed by atoms with Crippen molar-refractivity contribution in [1.82, 2.24) is 4.90 Å². The van der Waals surface area contributed by atoms with Gasteiger partial charge in [0.15, 0.2) is 6.29 Å². The zero-order valence-electron chi connectivity index (χ0n) is 36.6. The van der Waals surface area contributed by atoms with Gasteiger partial charge in [0.05, 0.1) is 13.2 Å². The van der Waals surface area contributed by atoms with Crippen LogP contribution in [0.25, 0.3) is 0 Å². The van der Waals surface area contributed by atoms with E-state index in [0.29, 0.717) is 26.0 Å². The van der Waals surface area contributed by atoms with Crippen LogP contribution >= 0.6 is 0 Å². The zero-order valence-corrected chi connectivity index (χ0v) is 36.6. The van der Waals surface area contributed by atoms with Crippen molar-refractivity contribution in [2.75, 3.05) is 39.5 Å². The number of aliphatic hydroxyl groups is 2. The molecule has 0 aromatic heterocycles. The van der Waals surface area contributed by atoms with Gasteiger partial charge in [-0.3, -0.25) is 4.79 Å². The predicted octanol–water partition coefficient (Wildman–Crippen LogP) is 12.2.